The van der Waals surface area contributed by atoms with Crippen LogP contribution in [0.4, 0.5) is 0 Å². The van der Waals surface area contributed by atoms with Crippen molar-refractivity contribution in [3.05, 3.63) is 0 Å². The summed E-state index contributed by atoms with van der Waals surface area (Å²) in [5.41, 5.74) is 0. The van der Waals surface area contributed by atoms with E-state index in [0.717, 1.165) is 0 Å². The van der Waals surface area contributed by atoms with Crippen LogP contribution >= 0.6 is 17.0 Å². The smallest absolute Gasteiger partial charge is 0.132 e. The Kier molecular flexibility index (Phi) is 16.6. The van der Waals surface area contributed by atoms with Crippen molar-refractivity contribution in [2.24, 2.45) is 5.16 Å². The van der Waals surface area contributed by atoms with Gasteiger partial charge in [-0.05, 0) is 5.16 Å². The lowest BCUT2D eigenvalue weighted by atomic mass is 11.6. The minimum atomic E-state index is 0. The molecule has 0 radical (unpaired) electrons. The van der Waals surface area contributed by atoms with Crippen molar-refractivity contribution in [3.8, 4) is 0 Å². The first-order chi connectivity index (χ1) is 1.91. The molecule has 5 heavy (non-hydrogen) atoms. The molecular formula is CH3BrN2O. The van der Waals surface area contributed by atoms with Crippen LogP contribution in [-0.4, -0.2) is 11.2 Å². The molecule has 2 N–H and O–H groups in total. The molecule has 0 rings (SSSR count). The fourth-order valence-corrected chi connectivity index (χ4v) is 0. The van der Waals surface area contributed by atoms with Gasteiger partial charge in [0.15, 0.2) is 0 Å². The van der Waals surface area contributed by atoms with Crippen LogP contribution in [0.25, 0.3) is 0 Å². The van der Waals surface area contributed by atoms with Gasteiger partial charge < -0.3 is 5.21 Å². The Morgan fingerprint density at radius 3 is 2.00 bits per heavy atom. The van der Waals surface area contributed by atoms with Gasteiger partial charge in [0.1, 0.15) is 6.01 Å². The highest BCUT2D eigenvalue weighted by Crippen LogP contribution is 1.27. The quantitative estimate of drug-likeness (QED) is 0.289. The zero-order valence-electron chi connectivity index (χ0n) is 2.30. The third-order valence-electron chi connectivity index (χ3n) is 0.0500. The summed E-state index contributed by atoms with van der Waals surface area (Å²) in [7, 11) is 0. The van der Waals surface area contributed by atoms with Crippen LogP contribution in [0, 0.1) is 5.41 Å². The van der Waals surface area contributed by atoms with E-state index in [1.807, 2.05) is 0 Å². The summed E-state index contributed by atoms with van der Waals surface area (Å²) in [6.07, 6.45) is 0. The van der Waals surface area contributed by atoms with E-state index in [4.69, 9.17) is 10.6 Å². The lowest BCUT2D eigenvalue weighted by Gasteiger charge is -1.43. The lowest BCUT2D eigenvalue weighted by molar-refractivity contribution is 0.322. The third kappa shape index (κ3) is 23.2. The molecule has 4 heteroatoms. The fraction of sp³-hybridized carbons (Fsp3) is 0. The number of nitrogens with one attached hydrogen (secondary N) is 1. The summed E-state index contributed by atoms with van der Waals surface area (Å²) >= 11 is 0. The predicted molar refractivity (Wildman–Crippen MR) is 22.3 cm³/mol. The Morgan fingerprint density at radius 1 is 1.80 bits per heavy atom. The molecule has 0 fully saturated rings. The average Bonchev–Trinajstić information content (AvgIpc) is 1.37. The maximum atomic E-state index is 7.20. The monoisotopic (exact) mass is 138 g/mol. The van der Waals surface area contributed by atoms with Crippen molar-refractivity contribution >= 4 is 23.0 Å². The third-order valence-corrected chi connectivity index (χ3v) is 0.0500. The normalized spacial score (nSPS) is 3.20. The van der Waals surface area contributed by atoms with Crippen molar-refractivity contribution in [2.75, 3.05) is 0 Å². The minimum Gasteiger partial charge on any atom is -0.403 e. The number of nitrogens with zero attached hydrogens (tertiary/aromatic N) is 1. The summed E-state index contributed by atoms with van der Waals surface area (Å²) < 4.78 is 0. The predicted octanol–water partition coefficient (Wildman–Crippen LogP) is 0.706. The van der Waals surface area contributed by atoms with E-state index >= 15 is 0 Å². The number of hydrogen-bond donors (Lipinski definition) is 2. The molecule has 0 aliphatic heterocycles. The van der Waals surface area contributed by atoms with Gasteiger partial charge in [-0.2, -0.15) is 0 Å². The van der Waals surface area contributed by atoms with Gasteiger partial charge >= 0.3 is 0 Å². The van der Waals surface area contributed by atoms with Crippen LogP contribution in [0.3, 0.4) is 0 Å². The molecule has 3 nitrogen and oxygen atoms in total. The number of hydrogen-bond acceptors (Lipinski definition) is 3. The van der Waals surface area contributed by atoms with E-state index in [1.165, 1.54) is 6.01 Å². The molecule has 0 aliphatic carbocycles. The van der Waals surface area contributed by atoms with Crippen LogP contribution in [0.2, 0.25) is 0 Å². The summed E-state index contributed by atoms with van der Waals surface area (Å²) in [6.45, 7) is 0. The zero-order valence-corrected chi connectivity index (χ0v) is 4.02. The van der Waals surface area contributed by atoms with E-state index < -0.39 is 0 Å². The highest BCUT2D eigenvalue weighted by atomic mass is 79.9. The van der Waals surface area contributed by atoms with E-state index in [-0.39, 0.29) is 17.0 Å². The van der Waals surface area contributed by atoms with Gasteiger partial charge in [0, 0.05) is 0 Å². The second-order valence-corrected chi connectivity index (χ2v) is 0.212. The first-order valence-corrected chi connectivity index (χ1v) is 0.674. The van der Waals surface area contributed by atoms with Gasteiger partial charge in [-0.1, -0.05) is 0 Å². The number of rotatable bonds is 0. The van der Waals surface area contributed by atoms with Crippen LogP contribution in [-0.2, 0) is 0 Å². The molecule has 0 aliphatic rings. The van der Waals surface area contributed by atoms with Crippen LogP contribution in [0.15, 0.2) is 5.16 Å². The SMILES string of the molecule is Br.N=C=NO. The molecule has 0 unspecified atom stereocenters. The Balaban J connectivity index is 0. The van der Waals surface area contributed by atoms with Gasteiger partial charge in [0.2, 0.25) is 0 Å². The highest BCUT2D eigenvalue weighted by molar-refractivity contribution is 8.93. The average molecular weight is 139 g/mol. The molecule has 0 saturated heterocycles. The Bertz CT molecular complexity index is 47.6. The van der Waals surface area contributed by atoms with Crippen molar-refractivity contribution in [2.45, 2.75) is 0 Å². The zero-order chi connectivity index (χ0) is 3.41. The van der Waals surface area contributed by atoms with Gasteiger partial charge in [-0.25, -0.2) is 5.41 Å². The molecule has 0 aromatic heterocycles. The van der Waals surface area contributed by atoms with E-state index in [0.29, 0.717) is 0 Å². The molecule has 0 aromatic carbocycles. The first-order valence-electron chi connectivity index (χ1n) is 0.674. The van der Waals surface area contributed by atoms with Crippen molar-refractivity contribution in [1.29, 1.82) is 5.41 Å². The van der Waals surface area contributed by atoms with Gasteiger partial charge in [-0.3, -0.25) is 0 Å². The van der Waals surface area contributed by atoms with Crippen molar-refractivity contribution in [3.63, 3.8) is 0 Å². The molecule has 0 heterocycles. The van der Waals surface area contributed by atoms with E-state index in [1.54, 1.807) is 0 Å². The molecule has 0 bridgehead atoms. The molecule has 0 atom stereocenters. The summed E-state index contributed by atoms with van der Waals surface area (Å²) in [5, 5.41) is 15.1. The van der Waals surface area contributed by atoms with Crippen LogP contribution < -0.4 is 0 Å². The maximum absolute atomic E-state index is 7.20. The Morgan fingerprint density at radius 2 is 2.00 bits per heavy atom. The minimum absolute atomic E-state index is 0. The topological polar surface area (TPSA) is 56.4 Å². The summed E-state index contributed by atoms with van der Waals surface area (Å²) in [6, 6.07) is 1.36. The summed E-state index contributed by atoms with van der Waals surface area (Å²) in [4.78, 5) is 0. The Labute approximate surface area is 39.6 Å². The largest absolute Gasteiger partial charge is 0.403 e. The van der Waals surface area contributed by atoms with Gasteiger partial charge in [0.25, 0.3) is 0 Å². The number of halogens is 1. The van der Waals surface area contributed by atoms with Gasteiger partial charge in [-0.15, -0.1) is 17.0 Å². The fourth-order valence-electron chi connectivity index (χ4n) is 0. The van der Waals surface area contributed by atoms with E-state index in [2.05, 4.69) is 5.16 Å². The lowest BCUT2D eigenvalue weighted by Crippen LogP contribution is -1.38. The molecule has 30 valence electrons. The van der Waals surface area contributed by atoms with Crippen LogP contribution in [0.5, 0.6) is 0 Å². The first kappa shape index (κ1) is 8.82. The molecule has 0 amide bonds. The van der Waals surface area contributed by atoms with Crippen LogP contribution in [0.1, 0.15) is 0 Å². The van der Waals surface area contributed by atoms with Gasteiger partial charge in [0.05, 0.1) is 0 Å². The van der Waals surface area contributed by atoms with E-state index in [9.17, 15) is 0 Å². The molecule has 0 spiro atoms. The molecule has 0 saturated carbocycles. The van der Waals surface area contributed by atoms with Crippen molar-refractivity contribution < 1.29 is 5.21 Å². The summed E-state index contributed by atoms with van der Waals surface area (Å²) in [5.74, 6) is 0. The Hall–Kier alpha value is -0.340. The maximum Gasteiger partial charge on any atom is 0.132 e. The second kappa shape index (κ2) is 9.40. The standard InChI is InChI=1S/CH2N2O.BrH/c2-1-3-4;/h2,4H;1H. The highest BCUT2D eigenvalue weighted by Gasteiger charge is 1.24. The van der Waals surface area contributed by atoms with Crippen molar-refractivity contribution in [1.82, 2.24) is 0 Å². The molecular weight excluding hydrogens is 136 g/mol. The molecule has 0 aromatic rings. The second-order valence-electron chi connectivity index (χ2n) is 0.212.